The molecule has 1 saturated heterocycles. The van der Waals surface area contributed by atoms with Gasteiger partial charge >= 0.3 is 0 Å². The quantitative estimate of drug-likeness (QED) is 0.179. The predicted molar refractivity (Wildman–Crippen MR) is 130 cm³/mol. The van der Waals surface area contributed by atoms with Gasteiger partial charge in [0, 0.05) is 13.0 Å². The summed E-state index contributed by atoms with van der Waals surface area (Å²) in [7, 11) is 0. The van der Waals surface area contributed by atoms with Crippen molar-refractivity contribution in [3.63, 3.8) is 0 Å². The number of carbonyl (C=O) groups excluding carboxylic acids is 3. The van der Waals surface area contributed by atoms with E-state index in [0.717, 1.165) is 0 Å². The van der Waals surface area contributed by atoms with Gasteiger partial charge in [0.15, 0.2) is 17.4 Å². The van der Waals surface area contributed by atoms with Gasteiger partial charge in [-0.15, -0.1) is 0 Å². The Morgan fingerprint density at radius 2 is 1.76 bits per heavy atom. The molecule has 2 aliphatic rings. The number of hydrogen-bond acceptors (Lipinski definition) is 10. The number of carbonyl (C=O) groups is 3. The number of H-pyrrole nitrogens is 1. The predicted octanol–water partition coefficient (Wildman–Crippen LogP) is -0.474. The van der Waals surface area contributed by atoms with Crippen LogP contribution in [0.25, 0.3) is 11.2 Å². The molecule has 38 heavy (non-hydrogen) atoms. The molecule has 4 heterocycles. The normalized spacial score (nSPS) is 22.9. The smallest absolute Gasteiger partial charge is 0.280 e. The largest absolute Gasteiger partial charge is 0.394 e. The molecule has 2 aliphatic heterocycles. The van der Waals surface area contributed by atoms with Crippen LogP contribution in [0.5, 0.6) is 0 Å². The van der Waals surface area contributed by atoms with E-state index in [9.17, 15) is 34.5 Å². The molecule has 2 aromatic heterocycles. The second kappa shape index (κ2) is 10.4. The van der Waals surface area contributed by atoms with Crippen LogP contribution in [0.2, 0.25) is 0 Å². The Hall–Kier alpha value is -3.98. The fourth-order valence-electron chi connectivity index (χ4n) is 4.65. The maximum absolute atomic E-state index is 12.5. The van der Waals surface area contributed by atoms with E-state index in [4.69, 9.17) is 4.74 Å². The minimum absolute atomic E-state index is 0.0137. The molecule has 5 N–H and O–H groups in total. The number of aromatic nitrogens is 4. The van der Waals surface area contributed by atoms with Gasteiger partial charge < -0.3 is 20.1 Å². The molecule has 5 rings (SSSR count). The minimum Gasteiger partial charge on any atom is -0.394 e. The third-order valence-electron chi connectivity index (χ3n) is 6.65. The highest BCUT2D eigenvalue weighted by molar-refractivity contribution is 6.21. The van der Waals surface area contributed by atoms with E-state index in [-0.39, 0.29) is 41.9 Å². The van der Waals surface area contributed by atoms with Gasteiger partial charge in [0.1, 0.15) is 18.3 Å². The molecule has 4 atom stereocenters. The van der Waals surface area contributed by atoms with Gasteiger partial charge in [0.2, 0.25) is 11.9 Å². The molecule has 0 aliphatic carbocycles. The van der Waals surface area contributed by atoms with Crippen LogP contribution in [0.4, 0.5) is 5.95 Å². The number of rotatable bonds is 9. The molecule has 3 amide bonds. The second-order valence-electron chi connectivity index (χ2n) is 9.13. The lowest BCUT2D eigenvalue weighted by Gasteiger charge is -2.16. The number of aliphatic hydroxyl groups is 3. The first-order chi connectivity index (χ1) is 18.3. The third kappa shape index (κ3) is 4.58. The second-order valence-corrected chi connectivity index (χ2v) is 9.13. The highest BCUT2D eigenvalue weighted by Crippen LogP contribution is 2.31. The number of nitrogens with one attached hydrogen (secondary N) is 2. The van der Waals surface area contributed by atoms with Crippen molar-refractivity contribution in [2.75, 3.05) is 18.5 Å². The van der Waals surface area contributed by atoms with Gasteiger partial charge in [-0.2, -0.15) is 4.98 Å². The summed E-state index contributed by atoms with van der Waals surface area (Å²) in [4.78, 5) is 61.6. The summed E-state index contributed by atoms with van der Waals surface area (Å²) in [6, 6.07) is 6.67. The van der Waals surface area contributed by atoms with Crippen molar-refractivity contribution >= 4 is 34.8 Å². The molecular weight excluding hydrogens is 500 g/mol. The lowest BCUT2D eigenvalue weighted by molar-refractivity contribution is -0.116. The fourth-order valence-corrected chi connectivity index (χ4v) is 4.65. The summed E-state index contributed by atoms with van der Waals surface area (Å²) in [6.07, 6.45) is -2.00. The van der Waals surface area contributed by atoms with Gasteiger partial charge in [-0.05, 0) is 25.0 Å². The molecule has 0 radical (unpaired) electrons. The molecule has 3 aromatic rings. The summed E-state index contributed by atoms with van der Waals surface area (Å²) >= 11 is 0. The van der Waals surface area contributed by atoms with Crippen LogP contribution in [0.15, 0.2) is 35.4 Å². The van der Waals surface area contributed by atoms with E-state index in [2.05, 4.69) is 20.3 Å². The van der Waals surface area contributed by atoms with E-state index >= 15 is 0 Å². The van der Waals surface area contributed by atoms with Crippen molar-refractivity contribution in [1.29, 1.82) is 0 Å². The number of fused-ring (bicyclic) bond motifs is 2. The molecule has 0 spiro atoms. The van der Waals surface area contributed by atoms with E-state index in [1.165, 1.54) is 15.8 Å². The number of imide groups is 1. The molecular formula is C24H26N6O8. The average molecular weight is 527 g/mol. The van der Waals surface area contributed by atoms with Crippen LogP contribution in [-0.4, -0.2) is 88.9 Å². The first kappa shape index (κ1) is 25.7. The summed E-state index contributed by atoms with van der Waals surface area (Å²) in [5, 5.41) is 32.2. The van der Waals surface area contributed by atoms with Crippen molar-refractivity contribution in [2.45, 2.75) is 50.2 Å². The lowest BCUT2D eigenvalue weighted by Crippen LogP contribution is -2.33. The van der Waals surface area contributed by atoms with E-state index in [1.807, 2.05) is 0 Å². The Morgan fingerprint density at radius 1 is 1.05 bits per heavy atom. The molecule has 200 valence electrons. The van der Waals surface area contributed by atoms with Gasteiger partial charge in [-0.1, -0.05) is 18.6 Å². The number of anilines is 1. The zero-order valence-electron chi connectivity index (χ0n) is 20.1. The molecule has 14 heteroatoms. The first-order valence-electron chi connectivity index (χ1n) is 12.1. The van der Waals surface area contributed by atoms with E-state index in [0.29, 0.717) is 30.4 Å². The fraction of sp³-hybridized carbons (Fsp3) is 0.417. The Labute approximate surface area is 214 Å². The van der Waals surface area contributed by atoms with Gasteiger partial charge in [-0.25, -0.2) is 4.98 Å². The van der Waals surface area contributed by atoms with Crippen molar-refractivity contribution in [1.82, 2.24) is 24.4 Å². The summed E-state index contributed by atoms with van der Waals surface area (Å²) in [5.74, 6) is -1.17. The van der Waals surface area contributed by atoms with Crippen LogP contribution in [0.3, 0.4) is 0 Å². The third-order valence-corrected chi connectivity index (χ3v) is 6.65. The Balaban J connectivity index is 1.16. The van der Waals surface area contributed by atoms with Crippen LogP contribution >= 0.6 is 0 Å². The summed E-state index contributed by atoms with van der Waals surface area (Å²) in [6.45, 7) is -0.264. The Kier molecular flexibility index (Phi) is 7.03. The molecule has 0 bridgehead atoms. The number of hydrogen-bond donors (Lipinski definition) is 5. The van der Waals surface area contributed by atoms with Crippen molar-refractivity contribution < 1.29 is 34.4 Å². The van der Waals surface area contributed by atoms with Gasteiger partial charge in [0.25, 0.3) is 17.4 Å². The van der Waals surface area contributed by atoms with Gasteiger partial charge in [-0.3, -0.25) is 38.9 Å². The number of unbranched alkanes of at least 4 members (excludes halogenated alkanes) is 2. The molecule has 0 saturated carbocycles. The number of amides is 3. The Bertz CT molecular complexity index is 1420. The van der Waals surface area contributed by atoms with Crippen molar-refractivity contribution in [2.24, 2.45) is 0 Å². The molecule has 1 aromatic carbocycles. The number of ether oxygens (including phenoxy) is 1. The van der Waals surface area contributed by atoms with Crippen LogP contribution in [0, 0.1) is 0 Å². The van der Waals surface area contributed by atoms with Crippen molar-refractivity contribution in [3.8, 4) is 0 Å². The van der Waals surface area contributed by atoms with Crippen LogP contribution in [-0.2, 0) is 9.53 Å². The SMILES string of the molecule is O=C(CCCCCN1C(=O)c2ccccc2C1=O)Nc1nc2c(ncn2[C@H]2O[C@@H](CO)[C@@H](O)[C@@H]2O)c(=O)[nH]1. The number of imidazole rings is 1. The van der Waals surface area contributed by atoms with Gasteiger partial charge in [0.05, 0.1) is 24.1 Å². The molecule has 0 unspecified atom stereocenters. The number of aliphatic hydroxyl groups excluding tert-OH is 3. The number of nitrogens with zero attached hydrogens (tertiary/aromatic N) is 4. The standard InChI is InChI=1S/C24H26N6O8/c31-10-14-17(33)18(34)23(38-14)30-11-25-16-19(30)27-24(28-20(16)35)26-15(32)8-2-1-5-9-29-21(36)12-6-3-4-7-13(12)22(29)37/h3-4,6-7,11,14,17-18,23,31,33-34H,1-2,5,8-10H2,(H2,26,27,28,32,35)/t14-,17+,18-,23-/m0/s1. The number of aromatic amines is 1. The summed E-state index contributed by atoms with van der Waals surface area (Å²) in [5.41, 5.74) is 0.121. The average Bonchev–Trinajstić information content (AvgIpc) is 3.53. The van der Waals surface area contributed by atoms with Crippen LogP contribution < -0.4 is 10.9 Å². The zero-order chi connectivity index (χ0) is 27.0. The maximum atomic E-state index is 12.5. The topological polar surface area (TPSA) is 200 Å². The van der Waals surface area contributed by atoms with E-state index in [1.54, 1.807) is 24.3 Å². The van der Waals surface area contributed by atoms with Crippen LogP contribution in [0.1, 0.15) is 52.6 Å². The van der Waals surface area contributed by atoms with Crippen molar-refractivity contribution in [3.05, 3.63) is 52.1 Å². The number of benzene rings is 1. The molecule has 14 nitrogen and oxygen atoms in total. The maximum Gasteiger partial charge on any atom is 0.280 e. The summed E-state index contributed by atoms with van der Waals surface area (Å²) < 4.78 is 6.73. The van der Waals surface area contributed by atoms with E-state index < -0.39 is 42.6 Å². The molecule has 1 fully saturated rings. The minimum atomic E-state index is -1.40. The monoisotopic (exact) mass is 526 g/mol. The zero-order valence-corrected chi connectivity index (χ0v) is 20.1. The lowest BCUT2D eigenvalue weighted by atomic mass is 10.1. The highest BCUT2D eigenvalue weighted by atomic mass is 16.6. The highest BCUT2D eigenvalue weighted by Gasteiger charge is 2.44. The Morgan fingerprint density at radius 3 is 2.42 bits per heavy atom. The first-order valence-corrected chi connectivity index (χ1v) is 12.1.